The van der Waals surface area contributed by atoms with Crippen LogP contribution in [0.1, 0.15) is 75.6 Å². The molecule has 0 spiro atoms. The molecule has 6 heteroatoms. The van der Waals surface area contributed by atoms with Crippen molar-refractivity contribution < 1.29 is 9.53 Å². The maximum absolute atomic E-state index is 11.7. The van der Waals surface area contributed by atoms with Crippen LogP contribution in [0.3, 0.4) is 0 Å². The third-order valence-corrected chi connectivity index (χ3v) is 8.60. The van der Waals surface area contributed by atoms with E-state index in [9.17, 15) is 4.79 Å². The van der Waals surface area contributed by atoms with E-state index in [0.29, 0.717) is 5.56 Å². The highest BCUT2D eigenvalue weighted by Gasteiger charge is 2.17. The summed E-state index contributed by atoms with van der Waals surface area (Å²) in [6, 6.07) is 16.7. The van der Waals surface area contributed by atoms with E-state index in [0.717, 1.165) is 82.1 Å². The van der Waals surface area contributed by atoms with Crippen molar-refractivity contribution in [3.63, 3.8) is 0 Å². The number of hydrogen-bond acceptors (Lipinski definition) is 4. The molecule has 0 radical (unpaired) electrons. The minimum atomic E-state index is 0.686. The molecule has 0 unspecified atom stereocenters. The van der Waals surface area contributed by atoms with Crippen LogP contribution in [0.2, 0.25) is 0 Å². The molecule has 0 saturated carbocycles. The number of ether oxygens (including phenoxy) is 1. The quantitative estimate of drug-likeness (QED) is 0.104. The summed E-state index contributed by atoms with van der Waals surface area (Å²) in [5.74, 6) is 0.850. The van der Waals surface area contributed by atoms with Crippen molar-refractivity contribution >= 4 is 49.9 Å². The zero-order valence-corrected chi connectivity index (χ0v) is 25.0. The first kappa shape index (κ1) is 28.0. The molecule has 0 amide bonds. The normalized spacial score (nSPS) is 11.8. The molecule has 0 atom stereocenters. The zero-order chi connectivity index (χ0) is 29.1. The van der Waals surface area contributed by atoms with Gasteiger partial charge < -0.3 is 13.9 Å². The highest BCUT2D eigenvalue weighted by atomic mass is 16.5. The van der Waals surface area contributed by atoms with Crippen LogP contribution in [0.5, 0.6) is 5.75 Å². The van der Waals surface area contributed by atoms with Crippen LogP contribution in [0.4, 0.5) is 0 Å². The summed E-state index contributed by atoms with van der Waals surface area (Å²) < 4.78 is 10.4. The maximum Gasteiger partial charge on any atom is 0.150 e. The van der Waals surface area contributed by atoms with Crippen molar-refractivity contribution in [3.05, 3.63) is 66.5 Å². The summed E-state index contributed by atoms with van der Waals surface area (Å²) in [6.45, 7) is 6.38. The second-order valence-corrected chi connectivity index (χ2v) is 11.4. The Kier molecular flexibility index (Phi) is 8.22. The van der Waals surface area contributed by atoms with Gasteiger partial charge in [0.1, 0.15) is 12.0 Å². The van der Waals surface area contributed by atoms with E-state index in [4.69, 9.17) is 14.7 Å². The molecule has 42 heavy (non-hydrogen) atoms. The predicted octanol–water partition coefficient (Wildman–Crippen LogP) is 9.34. The van der Waals surface area contributed by atoms with Crippen LogP contribution in [-0.2, 0) is 13.1 Å². The summed E-state index contributed by atoms with van der Waals surface area (Å²) in [6.07, 6.45) is 14.5. The van der Waals surface area contributed by atoms with Gasteiger partial charge in [0.2, 0.25) is 0 Å². The molecule has 0 saturated heterocycles. The number of nitrogens with zero attached hydrogens (tertiary/aromatic N) is 4. The lowest BCUT2D eigenvalue weighted by molar-refractivity contribution is 0.112. The van der Waals surface area contributed by atoms with E-state index in [1.54, 1.807) is 7.11 Å². The highest BCUT2D eigenvalue weighted by molar-refractivity contribution is 6.11. The second kappa shape index (κ2) is 12.4. The Hall–Kier alpha value is -4.19. The van der Waals surface area contributed by atoms with Crippen LogP contribution >= 0.6 is 0 Å². The first-order valence-corrected chi connectivity index (χ1v) is 15.5. The molecule has 6 aromatic rings. The summed E-state index contributed by atoms with van der Waals surface area (Å²) in [5.41, 5.74) is 6.95. The predicted molar refractivity (Wildman–Crippen MR) is 174 cm³/mol. The lowest BCUT2D eigenvalue weighted by Crippen LogP contribution is -1.99. The summed E-state index contributed by atoms with van der Waals surface area (Å²) >= 11 is 0. The average molecular weight is 561 g/mol. The van der Waals surface area contributed by atoms with Gasteiger partial charge >= 0.3 is 0 Å². The van der Waals surface area contributed by atoms with Gasteiger partial charge in [-0.25, -0.2) is 0 Å². The Bertz CT molecular complexity index is 1880. The van der Waals surface area contributed by atoms with Crippen molar-refractivity contribution in [2.75, 3.05) is 7.11 Å². The topological polar surface area (TPSA) is 61.9 Å². The molecule has 4 aromatic heterocycles. The lowest BCUT2D eigenvalue weighted by Gasteiger charge is -2.08. The molecule has 6 rings (SSSR count). The van der Waals surface area contributed by atoms with Gasteiger partial charge in [0.15, 0.2) is 0 Å². The number of rotatable bonds is 13. The number of carbonyl (C=O) groups excluding carboxylic acids is 1. The first-order valence-electron chi connectivity index (χ1n) is 15.5. The Labute approximate surface area is 247 Å². The number of carbonyl (C=O) groups is 1. The third kappa shape index (κ3) is 5.15. The van der Waals surface area contributed by atoms with E-state index >= 15 is 0 Å². The monoisotopic (exact) mass is 560 g/mol. The Morgan fingerprint density at radius 3 is 1.69 bits per heavy atom. The Morgan fingerprint density at radius 1 is 0.643 bits per heavy atom. The highest BCUT2D eigenvalue weighted by Crippen LogP contribution is 2.36. The molecule has 0 N–H and O–H groups in total. The molecule has 0 bridgehead atoms. The fraction of sp³-hybridized carbons (Fsp3) is 0.361. The Balaban J connectivity index is 1.47. The zero-order valence-electron chi connectivity index (χ0n) is 25.0. The molecule has 0 aliphatic carbocycles. The van der Waals surface area contributed by atoms with Gasteiger partial charge in [0.05, 0.1) is 41.9 Å². The van der Waals surface area contributed by atoms with Crippen LogP contribution in [-0.4, -0.2) is 32.5 Å². The summed E-state index contributed by atoms with van der Waals surface area (Å²) in [5, 5.41) is 4.52. The van der Waals surface area contributed by atoms with E-state index in [-0.39, 0.29) is 0 Å². The molecule has 6 nitrogen and oxygen atoms in total. The largest absolute Gasteiger partial charge is 0.497 e. The van der Waals surface area contributed by atoms with E-state index < -0.39 is 0 Å². The van der Waals surface area contributed by atoms with E-state index in [2.05, 4.69) is 53.3 Å². The van der Waals surface area contributed by atoms with Gasteiger partial charge in [-0.15, -0.1) is 0 Å². The molecule has 216 valence electrons. The van der Waals surface area contributed by atoms with Crippen molar-refractivity contribution in [3.8, 4) is 17.1 Å². The second-order valence-electron chi connectivity index (χ2n) is 11.4. The molecule has 0 fully saturated rings. The standard InChI is InChI=1S/C36H40N4O2/c1-4-6-8-10-16-39-33-14-12-25(24-41)18-27(33)29-20-31(37-22-35(29)39)32-21-30-28-19-26(42-3)13-15-34(28)40(36(30)23-38-32)17-11-9-7-5-2/h12-15,18-24H,4-11,16-17H2,1-3H3. The number of benzene rings is 2. The fourth-order valence-corrected chi connectivity index (χ4v) is 6.34. The van der Waals surface area contributed by atoms with Crippen LogP contribution in [0.25, 0.3) is 55.0 Å². The van der Waals surface area contributed by atoms with Crippen LogP contribution in [0, 0.1) is 0 Å². The number of aromatic nitrogens is 4. The fourth-order valence-electron chi connectivity index (χ4n) is 6.34. The molecule has 0 aliphatic rings. The number of unbranched alkanes of at least 4 members (excludes halogenated alkanes) is 6. The van der Waals surface area contributed by atoms with Crippen molar-refractivity contribution in [1.29, 1.82) is 0 Å². The smallest absolute Gasteiger partial charge is 0.150 e. The van der Waals surface area contributed by atoms with Gasteiger partial charge in [-0.2, -0.15) is 0 Å². The Morgan fingerprint density at radius 2 is 1.17 bits per heavy atom. The van der Waals surface area contributed by atoms with Gasteiger partial charge in [-0.3, -0.25) is 14.8 Å². The van der Waals surface area contributed by atoms with Gasteiger partial charge in [-0.1, -0.05) is 52.4 Å². The van der Waals surface area contributed by atoms with Gasteiger partial charge in [0, 0.05) is 51.2 Å². The van der Waals surface area contributed by atoms with Crippen LogP contribution in [0.15, 0.2) is 60.9 Å². The van der Waals surface area contributed by atoms with E-state index in [1.807, 2.05) is 30.6 Å². The molecular weight excluding hydrogens is 520 g/mol. The number of methoxy groups -OCH3 is 1. The number of aldehydes is 1. The molecule has 0 aliphatic heterocycles. The minimum absolute atomic E-state index is 0.686. The first-order chi connectivity index (χ1) is 20.7. The number of pyridine rings is 2. The van der Waals surface area contributed by atoms with Gasteiger partial charge in [0.25, 0.3) is 0 Å². The number of fused-ring (bicyclic) bond motifs is 6. The minimum Gasteiger partial charge on any atom is -0.497 e. The SMILES string of the molecule is CCCCCCn1c2ccc(C=O)cc2c2cc(-c3cc4c5cc(OC)ccc5n(CCCCCC)c4cn3)ncc21. The number of aryl methyl sites for hydroxylation is 2. The van der Waals surface area contributed by atoms with E-state index in [1.165, 1.54) is 49.4 Å². The lowest BCUT2D eigenvalue weighted by atomic mass is 10.1. The summed E-state index contributed by atoms with van der Waals surface area (Å²) in [7, 11) is 1.72. The average Bonchev–Trinajstić information content (AvgIpc) is 3.51. The summed E-state index contributed by atoms with van der Waals surface area (Å²) in [4.78, 5) is 21.5. The third-order valence-electron chi connectivity index (χ3n) is 8.60. The molecule has 4 heterocycles. The molecular formula is C36H40N4O2. The van der Waals surface area contributed by atoms with Crippen molar-refractivity contribution in [1.82, 2.24) is 19.1 Å². The molecule has 2 aromatic carbocycles. The van der Waals surface area contributed by atoms with Crippen molar-refractivity contribution in [2.45, 2.75) is 78.3 Å². The maximum atomic E-state index is 11.7. The number of hydrogen-bond donors (Lipinski definition) is 0. The van der Waals surface area contributed by atoms with Gasteiger partial charge in [-0.05, 0) is 61.4 Å². The van der Waals surface area contributed by atoms with Crippen molar-refractivity contribution in [2.24, 2.45) is 0 Å². The van der Waals surface area contributed by atoms with Crippen LogP contribution < -0.4 is 4.74 Å².